The Bertz CT molecular complexity index is 1270. The lowest BCUT2D eigenvalue weighted by Crippen LogP contribution is -2.62. The highest BCUT2D eigenvalue weighted by molar-refractivity contribution is 5.97. The average molecular weight is 385 g/mol. The molecule has 144 valence electrons. The molecule has 0 unspecified atom stereocenters. The normalized spacial score (nSPS) is 21.7. The minimum absolute atomic E-state index is 0.0263. The molecule has 0 spiro atoms. The number of aromatic amines is 1. The summed E-state index contributed by atoms with van der Waals surface area (Å²) in [5.74, 6) is 0.586. The molecule has 6 nitrogen and oxygen atoms in total. The monoisotopic (exact) mass is 385 g/mol. The number of carbonyl (C=O) groups excluding carboxylic acids is 2. The lowest BCUT2D eigenvalue weighted by molar-refractivity contribution is -0.157. The van der Waals surface area contributed by atoms with Gasteiger partial charge in [0.15, 0.2) is 0 Å². The van der Waals surface area contributed by atoms with Crippen molar-refractivity contribution in [3.8, 4) is 0 Å². The van der Waals surface area contributed by atoms with E-state index in [1.807, 2.05) is 48.5 Å². The van der Waals surface area contributed by atoms with Gasteiger partial charge < -0.3 is 19.2 Å². The van der Waals surface area contributed by atoms with Crippen LogP contribution >= 0.6 is 0 Å². The van der Waals surface area contributed by atoms with Crippen molar-refractivity contribution < 1.29 is 14.0 Å². The second kappa shape index (κ2) is 5.73. The number of hydrogen-bond acceptors (Lipinski definition) is 3. The number of likely N-dealkylation sites (N-methyl/N-ethyl adjacent to an activating group) is 1. The first-order valence-corrected chi connectivity index (χ1v) is 9.76. The van der Waals surface area contributed by atoms with Gasteiger partial charge in [-0.05, 0) is 23.8 Å². The molecule has 6 heteroatoms. The van der Waals surface area contributed by atoms with Crippen LogP contribution in [0.4, 0.5) is 0 Å². The molecule has 1 fully saturated rings. The third-order valence-corrected chi connectivity index (χ3v) is 6.17. The van der Waals surface area contributed by atoms with Gasteiger partial charge in [0, 0.05) is 29.8 Å². The third kappa shape index (κ3) is 2.23. The number of amides is 2. The fourth-order valence-electron chi connectivity index (χ4n) is 4.84. The summed E-state index contributed by atoms with van der Waals surface area (Å²) in [6.45, 7) is 0.0849. The first kappa shape index (κ1) is 16.4. The predicted molar refractivity (Wildman–Crippen MR) is 108 cm³/mol. The van der Waals surface area contributed by atoms with Crippen LogP contribution in [-0.2, 0) is 16.0 Å². The molecule has 4 heterocycles. The lowest BCUT2D eigenvalue weighted by Gasteiger charge is -2.45. The number of furan rings is 1. The quantitative estimate of drug-likeness (QED) is 0.547. The van der Waals surface area contributed by atoms with Gasteiger partial charge in [-0.25, -0.2) is 0 Å². The molecule has 0 saturated carbocycles. The minimum atomic E-state index is -0.522. The maximum absolute atomic E-state index is 13.1. The maximum atomic E-state index is 13.1. The SMILES string of the molecule is CN1CC(=O)N2[C@H](c3cc4ccccc4o3)c3[nH]c4ccccc4c3C[C@@H]2C1=O. The van der Waals surface area contributed by atoms with Crippen molar-refractivity contribution in [1.82, 2.24) is 14.8 Å². The van der Waals surface area contributed by atoms with E-state index in [9.17, 15) is 9.59 Å². The Balaban J connectivity index is 1.62. The van der Waals surface area contributed by atoms with Crippen molar-refractivity contribution in [1.29, 1.82) is 0 Å². The first-order valence-electron chi connectivity index (χ1n) is 9.76. The topological polar surface area (TPSA) is 69.6 Å². The van der Waals surface area contributed by atoms with E-state index in [1.54, 1.807) is 11.9 Å². The number of aromatic nitrogens is 1. The number of hydrogen-bond donors (Lipinski definition) is 1. The largest absolute Gasteiger partial charge is 0.458 e. The second-order valence-corrected chi connectivity index (χ2v) is 7.87. The van der Waals surface area contributed by atoms with Crippen LogP contribution in [0.3, 0.4) is 0 Å². The van der Waals surface area contributed by atoms with Gasteiger partial charge >= 0.3 is 0 Å². The van der Waals surface area contributed by atoms with E-state index in [1.165, 1.54) is 4.90 Å². The molecule has 0 aliphatic carbocycles. The predicted octanol–water partition coefficient (Wildman–Crippen LogP) is 3.23. The van der Waals surface area contributed by atoms with Crippen LogP contribution in [0.1, 0.15) is 23.1 Å². The highest BCUT2D eigenvalue weighted by atomic mass is 16.3. The van der Waals surface area contributed by atoms with Crippen molar-refractivity contribution in [3.05, 3.63) is 71.6 Å². The summed E-state index contributed by atoms with van der Waals surface area (Å²) in [5.41, 5.74) is 3.80. The lowest BCUT2D eigenvalue weighted by atomic mass is 9.88. The van der Waals surface area contributed by atoms with Crippen molar-refractivity contribution in [2.75, 3.05) is 13.6 Å². The Morgan fingerprint density at radius 2 is 1.86 bits per heavy atom. The van der Waals surface area contributed by atoms with Gasteiger partial charge in [0.1, 0.15) is 23.4 Å². The van der Waals surface area contributed by atoms with E-state index in [0.29, 0.717) is 12.2 Å². The molecule has 2 amide bonds. The number of benzene rings is 2. The summed E-state index contributed by atoms with van der Waals surface area (Å²) < 4.78 is 6.18. The Labute approximate surface area is 166 Å². The van der Waals surface area contributed by atoms with Crippen molar-refractivity contribution in [2.24, 2.45) is 0 Å². The molecule has 2 aromatic carbocycles. The molecule has 2 aromatic heterocycles. The number of para-hydroxylation sites is 2. The molecule has 29 heavy (non-hydrogen) atoms. The molecule has 4 aromatic rings. The van der Waals surface area contributed by atoms with Crippen LogP contribution < -0.4 is 0 Å². The first-order chi connectivity index (χ1) is 14.1. The van der Waals surface area contributed by atoms with Crippen molar-refractivity contribution in [2.45, 2.75) is 18.5 Å². The van der Waals surface area contributed by atoms with Crippen LogP contribution in [0, 0.1) is 0 Å². The number of carbonyl (C=O) groups is 2. The molecule has 0 radical (unpaired) electrons. The minimum Gasteiger partial charge on any atom is -0.458 e. The third-order valence-electron chi connectivity index (χ3n) is 6.17. The van der Waals surface area contributed by atoms with E-state index in [2.05, 4.69) is 11.1 Å². The van der Waals surface area contributed by atoms with Gasteiger partial charge in [-0.15, -0.1) is 0 Å². The van der Waals surface area contributed by atoms with Gasteiger partial charge in [-0.3, -0.25) is 9.59 Å². The van der Waals surface area contributed by atoms with Gasteiger partial charge in [0.25, 0.3) is 0 Å². The number of H-pyrrole nitrogens is 1. The van der Waals surface area contributed by atoms with E-state index < -0.39 is 12.1 Å². The highest BCUT2D eigenvalue weighted by Crippen LogP contribution is 2.43. The van der Waals surface area contributed by atoms with E-state index >= 15 is 0 Å². The summed E-state index contributed by atoms with van der Waals surface area (Å²) >= 11 is 0. The summed E-state index contributed by atoms with van der Waals surface area (Å²) in [7, 11) is 1.69. The van der Waals surface area contributed by atoms with Crippen LogP contribution in [0.2, 0.25) is 0 Å². The summed E-state index contributed by atoms with van der Waals surface area (Å²) in [6, 6.07) is 16.9. The Morgan fingerprint density at radius 3 is 2.72 bits per heavy atom. The number of fused-ring (bicyclic) bond motifs is 5. The van der Waals surface area contributed by atoms with E-state index in [0.717, 1.165) is 33.1 Å². The second-order valence-electron chi connectivity index (χ2n) is 7.87. The van der Waals surface area contributed by atoms with Gasteiger partial charge in [-0.1, -0.05) is 36.4 Å². The number of nitrogens with one attached hydrogen (secondary N) is 1. The van der Waals surface area contributed by atoms with Crippen molar-refractivity contribution in [3.63, 3.8) is 0 Å². The highest BCUT2D eigenvalue weighted by Gasteiger charge is 2.48. The molecule has 0 bridgehead atoms. The summed E-state index contributed by atoms with van der Waals surface area (Å²) in [5, 5.41) is 2.08. The molecular formula is C23H19N3O3. The van der Waals surface area contributed by atoms with Crippen molar-refractivity contribution >= 4 is 33.7 Å². The molecular weight excluding hydrogens is 366 g/mol. The molecule has 2 atom stereocenters. The summed E-state index contributed by atoms with van der Waals surface area (Å²) in [4.78, 5) is 32.9. The van der Waals surface area contributed by atoms with E-state index in [-0.39, 0.29) is 18.4 Å². The fourth-order valence-corrected chi connectivity index (χ4v) is 4.84. The Morgan fingerprint density at radius 1 is 1.07 bits per heavy atom. The standard InChI is InChI=1S/C23H19N3O3/c1-25-12-20(27)26-17(23(25)28)11-15-14-7-3-4-8-16(14)24-21(15)22(26)19-10-13-6-2-5-9-18(13)29-19/h2-10,17,22,24H,11-12H2,1H3/t17-,22-/m1/s1. The number of nitrogens with zero attached hydrogens (tertiary/aromatic N) is 2. The van der Waals surface area contributed by atoms with Gasteiger partial charge in [0.2, 0.25) is 11.8 Å². The smallest absolute Gasteiger partial charge is 0.245 e. The summed E-state index contributed by atoms with van der Waals surface area (Å²) in [6.07, 6.45) is 0.505. The van der Waals surface area contributed by atoms with E-state index in [4.69, 9.17) is 4.42 Å². The number of piperazine rings is 1. The molecule has 2 aliphatic heterocycles. The average Bonchev–Trinajstić information content (AvgIpc) is 3.31. The van der Waals surface area contributed by atoms with Crippen LogP contribution in [0.25, 0.3) is 21.9 Å². The molecule has 6 rings (SSSR count). The zero-order valence-electron chi connectivity index (χ0n) is 15.9. The molecule has 1 N–H and O–H groups in total. The van der Waals surface area contributed by atoms with Gasteiger partial charge in [0.05, 0.1) is 12.2 Å². The van der Waals surface area contributed by atoms with Crippen LogP contribution in [0.5, 0.6) is 0 Å². The molecule has 1 saturated heterocycles. The Kier molecular flexibility index (Phi) is 3.25. The Hall–Kier alpha value is -3.54. The fraction of sp³-hybridized carbons (Fsp3) is 0.217. The zero-order valence-corrected chi connectivity index (χ0v) is 15.9. The zero-order chi connectivity index (χ0) is 19.7. The van der Waals surface area contributed by atoms with Crippen LogP contribution in [0.15, 0.2) is 59.0 Å². The maximum Gasteiger partial charge on any atom is 0.245 e. The molecule has 2 aliphatic rings. The van der Waals surface area contributed by atoms with Crippen LogP contribution in [-0.4, -0.2) is 46.2 Å². The number of rotatable bonds is 1. The van der Waals surface area contributed by atoms with Gasteiger partial charge in [-0.2, -0.15) is 0 Å².